The van der Waals surface area contributed by atoms with Crippen LogP contribution in [-0.4, -0.2) is 7.11 Å². The summed E-state index contributed by atoms with van der Waals surface area (Å²) >= 11 is 11.9. The minimum atomic E-state index is -0.681. The smallest absolute Gasteiger partial charge is 0.137 e. The third-order valence-corrected chi connectivity index (χ3v) is 3.49. The first kappa shape index (κ1) is 14.1. The van der Waals surface area contributed by atoms with Crippen molar-refractivity contribution in [3.8, 4) is 5.75 Å². The van der Waals surface area contributed by atoms with E-state index in [1.807, 2.05) is 0 Å². The minimum Gasteiger partial charge on any atom is -0.495 e. The number of nitrogens with two attached hydrogens (primary N) is 1. The summed E-state index contributed by atoms with van der Waals surface area (Å²) in [6.45, 7) is 0. The summed E-state index contributed by atoms with van der Waals surface area (Å²) in [6, 6.07) is 8.84. The summed E-state index contributed by atoms with van der Waals surface area (Å²) < 4.78 is 18.9. The van der Waals surface area contributed by atoms with Gasteiger partial charge < -0.3 is 10.5 Å². The van der Waals surface area contributed by atoms with E-state index >= 15 is 0 Å². The molecule has 0 fully saturated rings. The summed E-state index contributed by atoms with van der Waals surface area (Å²) in [5.41, 5.74) is 7.00. The van der Waals surface area contributed by atoms with Crippen molar-refractivity contribution in [2.24, 2.45) is 5.73 Å². The summed E-state index contributed by atoms with van der Waals surface area (Å²) in [4.78, 5) is 0. The monoisotopic (exact) mass is 299 g/mol. The second-order valence-corrected chi connectivity index (χ2v) is 4.82. The largest absolute Gasteiger partial charge is 0.495 e. The van der Waals surface area contributed by atoms with E-state index in [9.17, 15) is 4.39 Å². The van der Waals surface area contributed by atoms with Gasteiger partial charge in [-0.3, -0.25) is 0 Å². The van der Waals surface area contributed by atoms with E-state index in [1.165, 1.54) is 19.2 Å². The minimum absolute atomic E-state index is 0.258. The maximum atomic E-state index is 13.8. The van der Waals surface area contributed by atoms with Crippen molar-refractivity contribution in [2.45, 2.75) is 6.04 Å². The van der Waals surface area contributed by atoms with E-state index < -0.39 is 11.9 Å². The van der Waals surface area contributed by atoms with E-state index in [-0.39, 0.29) is 5.56 Å². The highest BCUT2D eigenvalue weighted by Gasteiger charge is 2.18. The van der Waals surface area contributed by atoms with Gasteiger partial charge in [0, 0.05) is 10.6 Å². The van der Waals surface area contributed by atoms with Gasteiger partial charge in [-0.05, 0) is 29.8 Å². The molecule has 0 aromatic heterocycles. The van der Waals surface area contributed by atoms with Crippen LogP contribution in [0.4, 0.5) is 4.39 Å². The molecule has 1 atom stereocenters. The van der Waals surface area contributed by atoms with Crippen LogP contribution in [0.25, 0.3) is 0 Å². The Morgan fingerprint density at radius 3 is 2.53 bits per heavy atom. The number of halogens is 3. The van der Waals surface area contributed by atoms with Crippen LogP contribution in [0.15, 0.2) is 36.4 Å². The molecule has 2 aromatic carbocycles. The molecule has 5 heteroatoms. The molecule has 2 nitrogen and oxygen atoms in total. The molecule has 0 aliphatic carbocycles. The van der Waals surface area contributed by atoms with Gasteiger partial charge in [-0.2, -0.15) is 0 Å². The number of rotatable bonds is 3. The van der Waals surface area contributed by atoms with E-state index in [0.29, 0.717) is 21.4 Å². The highest BCUT2D eigenvalue weighted by molar-refractivity contribution is 6.32. The Balaban J connectivity index is 2.47. The van der Waals surface area contributed by atoms with Crippen LogP contribution in [0.5, 0.6) is 5.75 Å². The molecule has 0 aliphatic heterocycles. The third-order valence-electron chi connectivity index (χ3n) is 2.85. The average Bonchev–Trinajstić information content (AvgIpc) is 2.39. The molecule has 0 spiro atoms. The molecule has 0 saturated heterocycles. The van der Waals surface area contributed by atoms with Gasteiger partial charge in [-0.15, -0.1) is 0 Å². The zero-order chi connectivity index (χ0) is 14.0. The number of methoxy groups -OCH3 is 1. The fourth-order valence-electron chi connectivity index (χ4n) is 1.84. The molecule has 19 heavy (non-hydrogen) atoms. The number of ether oxygens (including phenoxy) is 1. The Morgan fingerprint density at radius 2 is 1.89 bits per heavy atom. The zero-order valence-electron chi connectivity index (χ0n) is 10.2. The molecule has 0 radical (unpaired) electrons. The maximum absolute atomic E-state index is 13.8. The fourth-order valence-corrected chi connectivity index (χ4v) is 2.32. The number of benzene rings is 2. The molecule has 100 valence electrons. The first-order valence-electron chi connectivity index (χ1n) is 5.57. The Hall–Kier alpha value is -1.29. The molecule has 0 heterocycles. The van der Waals surface area contributed by atoms with E-state index in [0.717, 1.165) is 0 Å². The second kappa shape index (κ2) is 5.78. The van der Waals surface area contributed by atoms with Crippen LogP contribution >= 0.6 is 23.2 Å². The molecule has 2 rings (SSSR count). The lowest BCUT2D eigenvalue weighted by Gasteiger charge is -2.16. The van der Waals surface area contributed by atoms with E-state index in [2.05, 4.69) is 0 Å². The van der Waals surface area contributed by atoms with Gasteiger partial charge in [-0.25, -0.2) is 4.39 Å². The predicted molar refractivity (Wildman–Crippen MR) is 75.4 cm³/mol. The Bertz CT molecular complexity index is 584. The Kier molecular flexibility index (Phi) is 4.30. The molecule has 0 amide bonds. The molecule has 0 aliphatic rings. The standard InChI is InChI=1S/C14H12Cl2FNO/c1-19-12-7-8(5-6-9(12)15)14(18)13-10(16)3-2-4-11(13)17/h2-7,14H,18H2,1H3. The van der Waals surface area contributed by atoms with Crippen molar-refractivity contribution in [2.75, 3.05) is 7.11 Å². The predicted octanol–water partition coefficient (Wildman–Crippen LogP) is 4.19. The van der Waals surface area contributed by atoms with Crippen LogP contribution in [0, 0.1) is 5.82 Å². The lowest BCUT2D eigenvalue weighted by atomic mass is 9.99. The van der Waals surface area contributed by atoms with Crippen LogP contribution in [0.3, 0.4) is 0 Å². The second-order valence-electron chi connectivity index (χ2n) is 4.01. The van der Waals surface area contributed by atoms with Crippen molar-refractivity contribution < 1.29 is 9.13 Å². The first-order chi connectivity index (χ1) is 9.04. The topological polar surface area (TPSA) is 35.2 Å². The van der Waals surface area contributed by atoms with Gasteiger partial charge >= 0.3 is 0 Å². The van der Waals surface area contributed by atoms with E-state index in [4.69, 9.17) is 33.7 Å². The number of hydrogen-bond acceptors (Lipinski definition) is 2. The summed E-state index contributed by atoms with van der Waals surface area (Å²) in [7, 11) is 1.51. The van der Waals surface area contributed by atoms with Crippen LogP contribution in [0.1, 0.15) is 17.2 Å². The van der Waals surface area contributed by atoms with Crippen molar-refractivity contribution in [1.82, 2.24) is 0 Å². The van der Waals surface area contributed by atoms with Crippen molar-refractivity contribution in [3.05, 3.63) is 63.4 Å². The average molecular weight is 300 g/mol. The summed E-state index contributed by atoms with van der Waals surface area (Å²) in [5, 5.41) is 0.763. The molecule has 2 aromatic rings. The third kappa shape index (κ3) is 2.84. The Labute approximate surface area is 120 Å². The van der Waals surface area contributed by atoms with Crippen LogP contribution in [-0.2, 0) is 0 Å². The molecule has 1 unspecified atom stereocenters. The Morgan fingerprint density at radius 1 is 1.16 bits per heavy atom. The van der Waals surface area contributed by atoms with Gasteiger partial charge in [0.25, 0.3) is 0 Å². The lowest BCUT2D eigenvalue weighted by molar-refractivity contribution is 0.414. The molecule has 0 saturated carbocycles. The highest BCUT2D eigenvalue weighted by atomic mass is 35.5. The number of hydrogen-bond donors (Lipinski definition) is 1. The van der Waals surface area contributed by atoms with Gasteiger partial charge in [0.15, 0.2) is 0 Å². The quantitative estimate of drug-likeness (QED) is 0.922. The zero-order valence-corrected chi connectivity index (χ0v) is 11.7. The lowest BCUT2D eigenvalue weighted by Crippen LogP contribution is -2.14. The molecular weight excluding hydrogens is 288 g/mol. The maximum Gasteiger partial charge on any atom is 0.137 e. The van der Waals surface area contributed by atoms with Gasteiger partial charge in [-0.1, -0.05) is 35.3 Å². The van der Waals surface area contributed by atoms with Gasteiger partial charge in [0.05, 0.1) is 18.2 Å². The summed E-state index contributed by atoms with van der Waals surface area (Å²) in [6.07, 6.45) is 0. The van der Waals surface area contributed by atoms with Crippen LogP contribution < -0.4 is 10.5 Å². The molecular formula is C14H12Cl2FNO. The van der Waals surface area contributed by atoms with Gasteiger partial charge in [0.2, 0.25) is 0 Å². The SMILES string of the molecule is COc1cc(C(N)c2c(F)cccc2Cl)ccc1Cl. The van der Waals surface area contributed by atoms with E-state index in [1.54, 1.807) is 24.3 Å². The van der Waals surface area contributed by atoms with Crippen molar-refractivity contribution in [1.29, 1.82) is 0 Å². The van der Waals surface area contributed by atoms with Crippen molar-refractivity contribution in [3.63, 3.8) is 0 Å². The summed E-state index contributed by atoms with van der Waals surface area (Å²) in [5.74, 6) is 0.0518. The van der Waals surface area contributed by atoms with Gasteiger partial charge in [0.1, 0.15) is 11.6 Å². The van der Waals surface area contributed by atoms with Crippen molar-refractivity contribution >= 4 is 23.2 Å². The molecule has 2 N–H and O–H groups in total. The highest BCUT2D eigenvalue weighted by Crippen LogP contribution is 2.33. The fraction of sp³-hybridized carbons (Fsp3) is 0.143. The molecule has 0 bridgehead atoms. The first-order valence-corrected chi connectivity index (χ1v) is 6.33. The van der Waals surface area contributed by atoms with Crippen LogP contribution in [0.2, 0.25) is 10.0 Å². The normalized spacial score (nSPS) is 12.3.